The Morgan fingerprint density at radius 2 is 2.00 bits per heavy atom. The number of benzene rings is 1. The van der Waals surface area contributed by atoms with E-state index in [-0.39, 0.29) is 25.0 Å². The number of para-hydroxylation sites is 1. The summed E-state index contributed by atoms with van der Waals surface area (Å²) in [4.78, 5) is 23.8. The molecule has 1 amide bonds. The summed E-state index contributed by atoms with van der Waals surface area (Å²) < 4.78 is 16.7. The van der Waals surface area contributed by atoms with Crippen LogP contribution in [0.5, 0.6) is 11.5 Å². The van der Waals surface area contributed by atoms with Crippen molar-refractivity contribution in [2.45, 2.75) is 44.2 Å². The third-order valence-electron chi connectivity index (χ3n) is 4.55. The van der Waals surface area contributed by atoms with Crippen molar-refractivity contribution in [3.05, 3.63) is 23.8 Å². The van der Waals surface area contributed by atoms with Crippen molar-refractivity contribution in [3.63, 3.8) is 0 Å². The van der Waals surface area contributed by atoms with Gasteiger partial charge in [-0.3, -0.25) is 4.79 Å². The first-order chi connectivity index (χ1) is 11.8. The van der Waals surface area contributed by atoms with Gasteiger partial charge in [-0.25, -0.2) is 4.79 Å². The second-order valence-electron chi connectivity index (χ2n) is 7.12. The van der Waals surface area contributed by atoms with Crippen LogP contribution in [-0.4, -0.2) is 47.9 Å². The highest BCUT2D eigenvalue weighted by Gasteiger charge is 2.41. The minimum Gasteiger partial charge on any atom is -0.483 e. The number of rotatable bonds is 5. The quantitative estimate of drug-likeness (QED) is 0.837. The summed E-state index contributed by atoms with van der Waals surface area (Å²) in [5.41, 5.74) is -0.552. The van der Waals surface area contributed by atoms with Crippen molar-refractivity contribution < 1.29 is 28.9 Å². The summed E-state index contributed by atoms with van der Waals surface area (Å²) in [5, 5.41) is 12.1. The second kappa shape index (κ2) is 6.55. The number of carboxylic acid groups (broad SMARTS) is 1. The number of carboxylic acids is 1. The molecule has 0 unspecified atom stereocenters. The molecule has 1 aromatic carbocycles. The fourth-order valence-corrected chi connectivity index (χ4v) is 3.26. The van der Waals surface area contributed by atoms with Gasteiger partial charge in [-0.1, -0.05) is 12.1 Å². The third-order valence-corrected chi connectivity index (χ3v) is 4.55. The topological polar surface area (TPSA) is 94.1 Å². The van der Waals surface area contributed by atoms with Crippen LogP contribution in [0, 0.1) is 0 Å². The molecule has 1 fully saturated rings. The zero-order valence-corrected chi connectivity index (χ0v) is 14.5. The van der Waals surface area contributed by atoms with E-state index in [0.717, 1.165) is 12.0 Å². The van der Waals surface area contributed by atoms with E-state index in [1.165, 1.54) is 0 Å². The van der Waals surface area contributed by atoms with Crippen LogP contribution in [0.3, 0.4) is 0 Å². The largest absolute Gasteiger partial charge is 0.483 e. The number of aliphatic carboxylic acids is 1. The molecule has 0 aromatic heterocycles. The highest BCUT2D eigenvalue weighted by atomic mass is 16.5. The molecule has 3 rings (SSSR count). The number of hydrogen-bond acceptors (Lipinski definition) is 5. The van der Waals surface area contributed by atoms with Crippen LogP contribution in [0.2, 0.25) is 0 Å². The van der Waals surface area contributed by atoms with Crippen molar-refractivity contribution in [1.29, 1.82) is 0 Å². The van der Waals surface area contributed by atoms with Gasteiger partial charge in [-0.05, 0) is 19.9 Å². The SMILES string of the molecule is CC1(C)Cc2cccc(OCC(=O)NC3(C(=O)O)CCOCC3)c2O1. The molecule has 2 heterocycles. The maximum atomic E-state index is 12.2. The number of amides is 1. The molecule has 0 spiro atoms. The normalized spacial score (nSPS) is 20.2. The average molecular weight is 349 g/mol. The Kier molecular flexibility index (Phi) is 4.60. The van der Waals surface area contributed by atoms with Gasteiger partial charge in [0.2, 0.25) is 0 Å². The van der Waals surface area contributed by atoms with Crippen LogP contribution in [0.4, 0.5) is 0 Å². The van der Waals surface area contributed by atoms with Gasteiger partial charge in [0.25, 0.3) is 5.91 Å². The van der Waals surface area contributed by atoms with Gasteiger partial charge in [-0.2, -0.15) is 0 Å². The van der Waals surface area contributed by atoms with E-state index in [9.17, 15) is 14.7 Å². The van der Waals surface area contributed by atoms with Gasteiger partial charge in [0.05, 0.1) is 0 Å². The molecule has 7 nitrogen and oxygen atoms in total. The van der Waals surface area contributed by atoms with E-state index in [2.05, 4.69) is 5.32 Å². The summed E-state index contributed by atoms with van der Waals surface area (Å²) in [7, 11) is 0. The van der Waals surface area contributed by atoms with Gasteiger partial charge < -0.3 is 24.6 Å². The number of hydrogen-bond donors (Lipinski definition) is 2. The molecular weight excluding hydrogens is 326 g/mol. The molecule has 0 atom stereocenters. The van der Waals surface area contributed by atoms with Gasteiger partial charge >= 0.3 is 5.97 Å². The van der Waals surface area contributed by atoms with E-state index in [4.69, 9.17) is 14.2 Å². The van der Waals surface area contributed by atoms with Crippen LogP contribution >= 0.6 is 0 Å². The fourth-order valence-electron chi connectivity index (χ4n) is 3.26. The monoisotopic (exact) mass is 349 g/mol. The third kappa shape index (κ3) is 3.71. The lowest BCUT2D eigenvalue weighted by molar-refractivity contribution is -0.152. The summed E-state index contributed by atoms with van der Waals surface area (Å²) >= 11 is 0. The second-order valence-corrected chi connectivity index (χ2v) is 7.12. The predicted molar refractivity (Wildman–Crippen MR) is 88.9 cm³/mol. The summed E-state index contributed by atoms with van der Waals surface area (Å²) in [6.45, 7) is 4.33. The Bertz CT molecular complexity index is 678. The molecule has 25 heavy (non-hydrogen) atoms. The average Bonchev–Trinajstić information content (AvgIpc) is 2.88. The lowest BCUT2D eigenvalue weighted by Crippen LogP contribution is -2.58. The summed E-state index contributed by atoms with van der Waals surface area (Å²) in [6, 6.07) is 5.57. The number of fused-ring (bicyclic) bond motifs is 1. The minimum absolute atomic E-state index is 0.242. The van der Waals surface area contributed by atoms with Gasteiger partial charge in [-0.15, -0.1) is 0 Å². The van der Waals surface area contributed by atoms with Crippen molar-refractivity contribution in [3.8, 4) is 11.5 Å². The van der Waals surface area contributed by atoms with Crippen LogP contribution in [0.15, 0.2) is 18.2 Å². The number of nitrogens with one attached hydrogen (secondary N) is 1. The molecule has 7 heteroatoms. The maximum absolute atomic E-state index is 12.2. The molecule has 0 saturated carbocycles. The standard InChI is InChI=1S/C18H23NO6/c1-17(2)10-12-4-3-5-13(15(12)25-17)24-11-14(20)19-18(16(21)22)6-8-23-9-7-18/h3-5H,6-11H2,1-2H3,(H,19,20)(H,21,22). The van der Waals surface area contributed by atoms with Crippen LogP contribution in [-0.2, 0) is 20.7 Å². The van der Waals surface area contributed by atoms with Crippen molar-refractivity contribution in [1.82, 2.24) is 5.32 Å². The van der Waals surface area contributed by atoms with Gasteiger partial charge in [0.15, 0.2) is 18.1 Å². The fraction of sp³-hybridized carbons (Fsp3) is 0.556. The van der Waals surface area contributed by atoms with Crippen LogP contribution < -0.4 is 14.8 Å². The number of ether oxygens (including phenoxy) is 3. The first kappa shape index (κ1) is 17.5. The molecule has 2 N–H and O–H groups in total. The van der Waals surface area contributed by atoms with Crippen molar-refractivity contribution >= 4 is 11.9 Å². The zero-order chi connectivity index (χ0) is 18.1. The Balaban J connectivity index is 1.64. The van der Waals surface area contributed by atoms with Gasteiger partial charge in [0, 0.05) is 38.0 Å². The van der Waals surface area contributed by atoms with Gasteiger partial charge in [0.1, 0.15) is 11.1 Å². The lowest BCUT2D eigenvalue weighted by atomic mass is 9.90. The van der Waals surface area contributed by atoms with Crippen LogP contribution in [0.1, 0.15) is 32.3 Å². The van der Waals surface area contributed by atoms with E-state index in [1.807, 2.05) is 26.0 Å². The zero-order valence-electron chi connectivity index (χ0n) is 14.5. The Labute approximate surface area is 146 Å². The molecule has 1 saturated heterocycles. The Morgan fingerprint density at radius 1 is 1.28 bits per heavy atom. The summed E-state index contributed by atoms with van der Waals surface area (Å²) in [6.07, 6.45) is 1.26. The lowest BCUT2D eigenvalue weighted by Gasteiger charge is -2.33. The highest BCUT2D eigenvalue weighted by molar-refractivity contribution is 5.87. The molecule has 136 valence electrons. The van der Waals surface area contributed by atoms with E-state index >= 15 is 0 Å². The van der Waals surface area contributed by atoms with Crippen molar-refractivity contribution in [2.75, 3.05) is 19.8 Å². The molecule has 0 bridgehead atoms. The molecule has 2 aliphatic heterocycles. The predicted octanol–water partition coefficient (Wildman–Crippen LogP) is 1.53. The van der Waals surface area contributed by atoms with E-state index in [1.54, 1.807) is 6.07 Å². The number of carbonyl (C=O) groups excluding carboxylic acids is 1. The first-order valence-electron chi connectivity index (χ1n) is 8.37. The van der Waals surface area contributed by atoms with E-state index in [0.29, 0.717) is 24.7 Å². The molecular formula is C18H23NO6. The van der Waals surface area contributed by atoms with Crippen LogP contribution in [0.25, 0.3) is 0 Å². The minimum atomic E-state index is -1.28. The molecule has 2 aliphatic rings. The molecule has 0 aliphatic carbocycles. The summed E-state index contributed by atoms with van der Waals surface area (Å²) in [5.74, 6) is -0.372. The molecule has 1 aromatic rings. The Hall–Kier alpha value is -2.28. The Morgan fingerprint density at radius 3 is 2.68 bits per heavy atom. The first-order valence-corrected chi connectivity index (χ1v) is 8.37. The smallest absolute Gasteiger partial charge is 0.329 e. The number of carbonyl (C=O) groups is 2. The van der Waals surface area contributed by atoms with E-state index < -0.39 is 17.4 Å². The maximum Gasteiger partial charge on any atom is 0.329 e. The molecule has 0 radical (unpaired) electrons. The highest BCUT2D eigenvalue weighted by Crippen LogP contribution is 2.41. The van der Waals surface area contributed by atoms with Crippen molar-refractivity contribution in [2.24, 2.45) is 0 Å².